The molecule has 184 valence electrons. The first-order valence-electron chi connectivity index (χ1n) is 10.6. The minimum atomic E-state index is -4.36. The lowest BCUT2D eigenvalue weighted by molar-refractivity contribution is 0.0398. The summed E-state index contributed by atoms with van der Waals surface area (Å²) >= 11 is 0. The van der Waals surface area contributed by atoms with Crippen LogP contribution in [0.15, 0.2) is 32.3 Å². The molecule has 0 radical (unpaired) electrons. The molecule has 15 heteroatoms. The van der Waals surface area contributed by atoms with Gasteiger partial charge >= 0.3 is 0 Å². The second kappa shape index (κ2) is 11.9. The molecule has 0 aromatic heterocycles. The molecule has 33 heavy (non-hydrogen) atoms. The molecule has 2 saturated heterocycles. The second-order valence-electron chi connectivity index (χ2n) is 7.69. The average molecular weight is 502 g/mol. The van der Waals surface area contributed by atoms with Crippen LogP contribution >= 0.6 is 0 Å². The third kappa shape index (κ3) is 6.99. The van der Waals surface area contributed by atoms with Crippen molar-refractivity contribution in [2.75, 3.05) is 63.7 Å². The molecule has 2 fully saturated rings. The summed E-state index contributed by atoms with van der Waals surface area (Å²) in [5, 5.41) is 29.9. The number of amidine groups is 1. The van der Waals surface area contributed by atoms with E-state index in [2.05, 4.69) is 31.2 Å². The predicted molar refractivity (Wildman–Crippen MR) is 125 cm³/mol. The van der Waals surface area contributed by atoms with Crippen LogP contribution in [0.5, 0.6) is 0 Å². The zero-order valence-electron chi connectivity index (χ0n) is 18.2. The van der Waals surface area contributed by atoms with Crippen LogP contribution in [0.3, 0.4) is 0 Å². The molecule has 0 spiro atoms. The van der Waals surface area contributed by atoms with Crippen LogP contribution in [0.1, 0.15) is 12.0 Å². The van der Waals surface area contributed by atoms with Crippen molar-refractivity contribution < 1.29 is 17.4 Å². The lowest BCUT2D eigenvalue weighted by Gasteiger charge is -2.27. The smallest absolute Gasteiger partial charge is 0.240 e. The van der Waals surface area contributed by atoms with E-state index in [1.807, 2.05) is 0 Å². The van der Waals surface area contributed by atoms with Gasteiger partial charge in [0, 0.05) is 44.5 Å². The molecule has 2 aliphatic rings. The van der Waals surface area contributed by atoms with Crippen LogP contribution in [-0.2, 0) is 25.6 Å². The number of nitrogens with two attached hydrogens (primary N) is 2. The van der Waals surface area contributed by atoms with Gasteiger partial charge in [0.25, 0.3) is 0 Å². The van der Waals surface area contributed by atoms with E-state index >= 15 is 0 Å². The molecule has 1 aromatic carbocycles. The molecule has 2 aliphatic heterocycles. The minimum absolute atomic E-state index is 0.00153. The largest absolute Gasteiger partial charge is 0.383 e. The van der Waals surface area contributed by atoms with E-state index in [0.717, 1.165) is 32.6 Å². The van der Waals surface area contributed by atoms with E-state index in [-0.39, 0.29) is 22.4 Å². The van der Waals surface area contributed by atoms with Crippen molar-refractivity contribution in [1.29, 1.82) is 5.41 Å². The molecule has 13 nitrogen and oxygen atoms in total. The fraction of sp³-hybridized carbons (Fsp3) is 0.611. The Morgan fingerprint density at radius 1 is 1.36 bits per heavy atom. The minimum Gasteiger partial charge on any atom is -0.383 e. The van der Waals surface area contributed by atoms with Crippen molar-refractivity contribution in [3.8, 4) is 0 Å². The van der Waals surface area contributed by atoms with Crippen molar-refractivity contribution in [3.63, 3.8) is 0 Å². The van der Waals surface area contributed by atoms with Gasteiger partial charge in [-0.1, -0.05) is 5.22 Å². The van der Waals surface area contributed by atoms with Crippen molar-refractivity contribution in [2.45, 2.75) is 22.3 Å². The summed E-state index contributed by atoms with van der Waals surface area (Å²) in [5.74, 6) is 4.66. The molecule has 3 rings (SSSR count). The summed E-state index contributed by atoms with van der Waals surface area (Å²) in [5.41, 5.74) is 0.209. The van der Waals surface area contributed by atoms with Gasteiger partial charge in [-0.2, -0.15) is 0 Å². The number of hydrogen-bond acceptors (Lipinski definition) is 10. The Balaban J connectivity index is 1.89. The highest BCUT2D eigenvalue weighted by Crippen LogP contribution is 2.30. The van der Waals surface area contributed by atoms with E-state index in [0.29, 0.717) is 32.0 Å². The summed E-state index contributed by atoms with van der Waals surface area (Å²) in [4.78, 5) is 1.79. The third-order valence-electron chi connectivity index (χ3n) is 5.46. The maximum atomic E-state index is 13.1. The molecule has 0 bridgehead atoms. The monoisotopic (exact) mass is 501 g/mol. The molecule has 2 heterocycles. The van der Waals surface area contributed by atoms with Crippen LogP contribution in [0.4, 0.5) is 5.69 Å². The first-order valence-corrected chi connectivity index (χ1v) is 13.4. The number of primary sulfonamides is 1. The van der Waals surface area contributed by atoms with Crippen LogP contribution < -0.4 is 26.9 Å². The van der Waals surface area contributed by atoms with Gasteiger partial charge < -0.3 is 26.5 Å². The number of ether oxygens (including phenoxy) is 1. The zero-order valence-corrected chi connectivity index (χ0v) is 19.9. The van der Waals surface area contributed by atoms with E-state index in [4.69, 9.17) is 21.1 Å². The van der Waals surface area contributed by atoms with Crippen molar-refractivity contribution in [2.24, 2.45) is 21.3 Å². The van der Waals surface area contributed by atoms with E-state index in [1.54, 1.807) is 6.07 Å². The summed E-state index contributed by atoms with van der Waals surface area (Å²) in [6.45, 7) is 5.70. The average Bonchev–Trinajstić information content (AvgIpc) is 3.31. The highest BCUT2D eigenvalue weighted by atomic mass is 32.2. The molecule has 0 amide bonds. The van der Waals surface area contributed by atoms with Crippen LogP contribution in [0, 0.1) is 5.41 Å². The topological polar surface area (TPSA) is 200 Å². The number of morpholine rings is 1. The van der Waals surface area contributed by atoms with Crippen molar-refractivity contribution in [3.05, 3.63) is 17.7 Å². The van der Waals surface area contributed by atoms with Crippen molar-refractivity contribution >= 4 is 32.3 Å². The van der Waals surface area contributed by atoms with Gasteiger partial charge in [-0.3, -0.25) is 14.5 Å². The Hall–Kier alpha value is -2.01. The summed E-state index contributed by atoms with van der Waals surface area (Å²) in [6.07, 6.45) is 0.887. The van der Waals surface area contributed by atoms with E-state index in [9.17, 15) is 12.6 Å². The first kappa shape index (κ1) is 25.6. The molecular formula is C18H31N9O4S2. The van der Waals surface area contributed by atoms with Gasteiger partial charge in [-0.25, -0.2) is 13.6 Å². The highest BCUT2D eigenvalue weighted by Gasteiger charge is 2.28. The van der Waals surface area contributed by atoms with Gasteiger partial charge in [0.2, 0.25) is 10.0 Å². The Morgan fingerprint density at radius 3 is 2.76 bits per heavy atom. The molecule has 2 atom stereocenters. The highest BCUT2D eigenvalue weighted by molar-refractivity contribution is 7.91. The number of anilines is 1. The number of benzene rings is 1. The van der Waals surface area contributed by atoms with E-state index in [1.165, 1.54) is 6.07 Å². The fourth-order valence-corrected chi connectivity index (χ4v) is 6.33. The Labute approximate surface area is 195 Å². The van der Waals surface area contributed by atoms with Gasteiger partial charge in [-0.05, 0) is 25.1 Å². The van der Waals surface area contributed by atoms with Gasteiger partial charge in [0.05, 0.1) is 40.3 Å². The predicted octanol–water partition coefficient (Wildman–Crippen LogP) is -1.25. The van der Waals surface area contributed by atoms with Gasteiger partial charge in [0.15, 0.2) is 5.84 Å². The molecular weight excluding hydrogens is 470 g/mol. The van der Waals surface area contributed by atoms with Gasteiger partial charge in [0.1, 0.15) is 4.90 Å². The van der Waals surface area contributed by atoms with Crippen molar-refractivity contribution in [1.82, 2.24) is 15.5 Å². The first-order chi connectivity index (χ1) is 15.8. The Morgan fingerprint density at radius 2 is 2.12 bits per heavy atom. The molecule has 1 unspecified atom stereocenters. The molecule has 8 N–H and O–H groups in total. The summed E-state index contributed by atoms with van der Waals surface area (Å²) in [6, 6.07) is 3.18. The molecule has 0 aliphatic carbocycles. The summed E-state index contributed by atoms with van der Waals surface area (Å²) < 4.78 is 43.6. The SMILES string of the molecule is N=C(N=NN)c1c(NCCN2CCOCC2)ccc(S(=O)CN[C@@H]2CCNC2)c1S(N)(=O)=O. The molecule has 0 saturated carbocycles. The zero-order chi connectivity index (χ0) is 23.8. The van der Waals surface area contributed by atoms with E-state index < -0.39 is 31.6 Å². The fourth-order valence-electron chi connectivity index (χ4n) is 3.79. The normalized spacial score (nSPS) is 20.8. The van der Waals surface area contributed by atoms with Crippen LogP contribution in [-0.4, -0.2) is 87.8 Å². The second-order valence-corrected chi connectivity index (χ2v) is 10.6. The summed E-state index contributed by atoms with van der Waals surface area (Å²) in [7, 11) is -6.10. The Kier molecular flexibility index (Phi) is 9.25. The third-order valence-corrected chi connectivity index (χ3v) is 7.84. The number of sulfonamides is 1. The standard InChI is InChI=1S/C18H31N9O4S2/c19-18(25-26-20)16-14(23-5-6-27-7-9-31-10-8-27)1-2-15(17(16)33(21,29)30)32(28)12-24-13-3-4-22-11-13/h1-2,13,22-24H,3-12H2,(H3,19,20,25)(H2,21,29,30)/t13-,32?/m1/s1. The van der Waals surface area contributed by atoms with Crippen LogP contribution in [0.25, 0.3) is 0 Å². The van der Waals surface area contributed by atoms with Gasteiger partial charge in [-0.15, -0.1) is 5.11 Å². The number of nitrogens with zero attached hydrogens (tertiary/aromatic N) is 3. The molecule has 1 aromatic rings. The van der Waals surface area contributed by atoms with Crippen LogP contribution in [0.2, 0.25) is 0 Å². The maximum Gasteiger partial charge on any atom is 0.240 e. The lowest BCUT2D eigenvalue weighted by atomic mass is 10.1. The Bertz CT molecular complexity index is 991. The number of rotatable bonds is 10. The number of nitrogens with one attached hydrogen (secondary N) is 4. The number of hydrogen-bond donors (Lipinski definition) is 6. The lowest BCUT2D eigenvalue weighted by Crippen LogP contribution is -2.39. The maximum absolute atomic E-state index is 13.1. The quantitative estimate of drug-likeness (QED) is 0.0744.